The molecule has 154 valence electrons. The fourth-order valence-electron chi connectivity index (χ4n) is 3.35. The minimum atomic E-state index is -0.927. The van der Waals surface area contributed by atoms with E-state index in [4.69, 9.17) is 9.15 Å². The lowest BCUT2D eigenvalue weighted by atomic mass is 10.0. The van der Waals surface area contributed by atoms with Crippen LogP contribution >= 0.6 is 0 Å². The Morgan fingerprint density at radius 2 is 1.83 bits per heavy atom. The molecule has 0 radical (unpaired) electrons. The molecule has 0 saturated heterocycles. The number of aliphatic hydroxyl groups is 1. The molecular formula is C21H16O9. The molecule has 0 spiro atoms. The number of phenolic OH excluding ortho intramolecular Hbond substituents is 3. The van der Waals surface area contributed by atoms with Crippen LogP contribution in [0.4, 0.5) is 0 Å². The number of fused-ring (bicyclic) bond motifs is 2. The van der Waals surface area contributed by atoms with Crippen molar-refractivity contribution in [2.75, 3.05) is 0 Å². The van der Waals surface area contributed by atoms with E-state index in [1.54, 1.807) is 0 Å². The van der Waals surface area contributed by atoms with E-state index < -0.39 is 34.5 Å². The minimum Gasteiger partial charge on any atom is -0.508 e. The summed E-state index contributed by atoms with van der Waals surface area (Å²) in [5.74, 6) is -2.99. The van der Waals surface area contributed by atoms with Gasteiger partial charge in [0.2, 0.25) is 11.2 Å². The van der Waals surface area contributed by atoms with E-state index >= 15 is 0 Å². The maximum Gasteiger partial charge on any atom is 0.238 e. The second-order valence-corrected chi connectivity index (χ2v) is 6.88. The Kier molecular flexibility index (Phi) is 4.30. The summed E-state index contributed by atoms with van der Waals surface area (Å²) in [6, 6.07) is 4.91. The third-order valence-corrected chi connectivity index (χ3v) is 4.78. The van der Waals surface area contributed by atoms with E-state index in [0.717, 1.165) is 18.2 Å². The number of phenols is 3. The first-order valence-electron chi connectivity index (χ1n) is 8.82. The summed E-state index contributed by atoms with van der Waals surface area (Å²) in [5.41, 5.74) is -0.682. The highest BCUT2D eigenvalue weighted by atomic mass is 16.5. The number of aliphatic hydroxyl groups excluding tert-OH is 1. The zero-order chi connectivity index (χ0) is 21.7. The van der Waals surface area contributed by atoms with Crippen LogP contribution in [0.15, 0.2) is 45.3 Å². The molecule has 9 nitrogen and oxygen atoms in total. The van der Waals surface area contributed by atoms with Gasteiger partial charge in [0, 0.05) is 29.7 Å². The van der Waals surface area contributed by atoms with Crippen molar-refractivity contribution in [1.29, 1.82) is 0 Å². The molecule has 1 unspecified atom stereocenters. The molecule has 0 amide bonds. The minimum absolute atomic E-state index is 0.000504. The topological polar surface area (TPSA) is 158 Å². The van der Waals surface area contributed by atoms with Gasteiger partial charge >= 0.3 is 0 Å². The number of aromatic hydroxyl groups is 4. The molecule has 0 fully saturated rings. The molecule has 0 saturated carbocycles. The largest absolute Gasteiger partial charge is 0.508 e. The summed E-state index contributed by atoms with van der Waals surface area (Å²) >= 11 is 0. The first-order chi connectivity index (χ1) is 14.2. The van der Waals surface area contributed by atoms with Gasteiger partial charge in [-0.1, -0.05) is 0 Å². The standard InChI is InChI=1S/C21H16O9/c1-8(22)4-13(25)15-6-10-14(29-15)7-16-17(18(10)26)19(27)20(28)21(30-16)9-2-3-11(23)12(24)5-9/h2-5,7,15,23-26,28H,6H2,1H3/b13-4-. The second kappa shape index (κ2) is 6.73. The summed E-state index contributed by atoms with van der Waals surface area (Å²) in [7, 11) is 0. The van der Waals surface area contributed by atoms with Crippen molar-refractivity contribution >= 4 is 16.8 Å². The van der Waals surface area contributed by atoms with Crippen LogP contribution in [-0.4, -0.2) is 37.4 Å². The van der Waals surface area contributed by atoms with Crippen molar-refractivity contribution in [3.8, 4) is 40.1 Å². The fourth-order valence-corrected chi connectivity index (χ4v) is 3.35. The van der Waals surface area contributed by atoms with Crippen molar-refractivity contribution in [3.63, 3.8) is 0 Å². The van der Waals surface area contributed by atoms with Gasteiger partial charge < -0.3 is 34.7 Å². The van der Waals surface area contributed by atoms with E-state index in [9.17, 15) is 35.1 Å². The Labute approximate surface area is 168 Å². The molecule has 1 aliphatic heterocycles. The van der Waals surface area contributed by atoms with Crippen molar-refractivity contribution in [2.45, 2.75) is 19.4 Å². The lowest BCUT2D eigenvalue weighted by molar-refractivity contribution is -0.112. The molecule has 4 rings (SSSR count). The average molecular weight is 412 g/mol. The quantitative estimate of drug-likeness (QED) is 0.248. The van der Waals surface area contributed by atoms with Crippen LogP contribution in [-0.2, 0) is 11.2 Å². The van der Waals surface area contributed by atoms with Gasteiger partial charge in [-0.05, 0) is 25.1 Å². The smallest absolute Gasteiger partial charge is 0.238 e. The van der Waals surface area contributed by atoms with Gasteiger partial charge in [0.15, 0.2) is 29.1 Å². The predicted molar refractivity (Wildman–Crippen MR) is 104 cm³/mol. The molecule has 2 aromatic carbocycles. The molecule has 9 heteroatoms. The molecule has 0 bridgehead atoms. The predicted octanol–water partition coefficient (Wildman–Crippen LogP) is 2.62. The molecule has 30 heavy (non-hydrogen) atoms. The Hall–Kier alpha value is -4.14. The maximum absolute atomic E-state index is 12.7. The Balaban J connectivity index is 1.88. The van der Waals surface area contributed by atoms with Crippen molar-refractivity contribution in [1.82, 2.24) is 0 Å². The van der Waals surface area contributed by atoms with Crippen molar-refractivity contribution in [2.24, 2.45) is 0 Å². The number of allylic oxidation sites excluding steroid dienone is 1. The van der Waals surface area contributed by atoms with Gasteiger partial charge in [-0.2, -0.15) is 0 Å². The average Bonchev–Trinajstić information content (AvgIpc) is 3.11. The maximum atomic E-state index is 12.7. The summed E-state index contributed by atoms with van der Waals surface area (Å²) in [4.78, 5) is 23.9. The number of rotatable bonds is 3. The Bertz CT molecular complexity index is 1300. The number of benzene rings is 2. The molecule has 2 heterocycles. The van der Waals surface area contributed by atoms with Crippen LogP contribution in [0.1, 0.15) is 12.5 Å². The number of ketones is 1. The van der Waals surface area contributed by atoms with Crippen LogP contribution in [0.5, 0.6) is 28.7 Å². The summed E-state index contributed by atoms with van der Waals surface area (Å²) in [6.45, 7) is 1.26. The first-order valence-corrected chi connectivity index (χ1v) is 8.82. The third kappa shape index (κ3) is 2.96. The fraction of sp³-hybridized carbons (Fsp3) is 0.143. The molecule has 3 aromatic rings. The monoisotopic (exact) mass is 412 g/mol. The number of hydrogen-bond donors (Lipinski definition) is 5. The Morgan fingerprint density at radius 1 is 1.10 bits per heavy atom. The van der Waals surface area contributed by atoms with Gasteiger partial charge in [-0.3, -0.25) is 9.59 Å². The van der Waals surface area contributed by atoms with Gasteiger partial charge in [0.25, 0.3) is 0 Å². The van der Waals surface area contributed by atoms with Crippen LogP contribution in [0.3, 0.4) is 0 Å². The highest BCUT2D eigenvalue weighted by Gasteiger charge is 2.32. The number of hydrogen-bond acceptors (Lipinski definition) is 9. The van der Waals surface area contributed by atoms with Crippen LogP contribution < -0.4 is 10.2 Å². The number of ether oxygens (including phenoxy) is 1. The lowest BCUT2D eigenvalue weighted by Crippen LogP contribution is -2.16. The van der Waals surface area contributed by atoms with Gasteiger partial charge in [-0.15, -0.1) is 0 Å². The number of carbonyl (C=O) groups excluding carboxylic acids is 1. The Morgan fingerprint density at radius 3 is 2.50 bits per heavy atom. The highest BCUT2D eigenvalue weighted by molar-refractivity contribution is 5.90. The van der Waals surface area contributed by atoms with Gasteiger partial charge in [-0.25, -0.2) is 0 Å². The van der Waals surface area contributed by atoms with Crippen molar-refractivity contribution < 1.29 is 39.5 Å². The summed E-state index contributed by atoms with van der Waals surface area (Å²) in [5, 5.41) is 49.8. The second-order valence-electron chi connectivity index (χ2n) is 6.88. The third-order valence-electron chi connectivity index (χ3n) is 4.78. The zero-order valence-electron chi connectivity index (χ0n) is 15.5. The number of carbonyl (C=O) groups is 1. The van der Waals surface area contributed by atoms with Gasteiger partial charge in [0.1, 0.15) is 28.2 Å². The molecule has 5 N–H and O–H groups in total. The lowest BCUT2D eigenvalue weighted by Gasteiger charge is -2.10. The van der Waals surface area contributed by atoms with E-state index in [1.807, 2.05) is 0 Å². The van der Waals surface area contributed by atoms with Crippen LogP contribution in [0, 0.1) is 0 Å². The first kappa shape index (κ1) is 19.2. The molecular weight excluding hydrogens is 396 g/mol. The molecule has 1 aromatic heterocycles. The molecule has 0 aliphatic carbocycles. The molecule has 1 aliphatic rings. The van der Waals surface area contributed by atoms with Gasteiger partial charge in [0.05, 0.1) is 0 Å². The van der Waals surface area contributed by atoms with E-state index in [0.29, 0.717) is 0 Å². The van der Waals surface area contributed by atoms with Crippen molar-refractivity contribution in [3.05, 3.63) is 51.9 Å². The summed E-state index contributed by atoms with van der Waals surface area (Å²) < 4.78 is 11.2. The van der Waals surface area contributed by atoms with E-state index in [1.165, 1.54) is 19.1 Å². The highest BCUT2D eigenvalue weighted by Crippen LogP contribution is 2.43. The van der Waals surface area contributed by atoms with Crippen LogP contribution in [0.25, 0.3) is 22.3 Å². The van der Waals surface area contributed by atoms with E-state index in [-0.39, 0.29) is 51.6 Å². The normalized spacial score (nSPS) is 15.8. The summed E-state index contributed by atoms with van der Waals surface area (Å²) in [6.07, 6.45) is 0.0714. The molecule has 1 atom stereocenters. The zero-order valence-corrected chi connectivity index (χ0v) is 15.5. The van der Waals surface area contributed by atoms with Crippen LogP contribution in [0.2, 0.25) is 0 Å². The SMILES string of the molecule is CC(=O)/C=C(\O)C1Cc2c(cc3oc(-c4ccc(O)c(O)c4)c(O)c(=O)c3c2O)O1. The van der Waals surface area contributed by atoms with E-state index in [2.05, 4.69) is 0 Å².